The first-order valence-corrected chi connectivity index (χ1v) is 14.9. The van der Waals surface area contributed by atoms with Crippen LogP contribution in [0.2, 0.25) is 0 Å². The third-order valence-corrected chi connectivity index (χ3v) is 9.16. The summed E-state index contributed by atoms with van der Waals surface area (Å²) in [7, 11) is 0. The zero-order valence-electron chi connectivity index (χ0n) is 24.1. The van der Waals surface area contributed by atoms with Crippen molar-refractivity contribution in [2.75, 3.05) is 0 Å². The Morgan fingerprint density at radius 2 is 0.977 bits per heavy atom. The summed E-state index contributed by atoms with van der Waals surface area (Å²) >= 11 is 0. The predicted molar refractivity (Wildman–Crippen MR) is 183 cm³/mol. The smallest absolute Gasteiger partial charge is 0.143 e. The Morgan fingerprint density at radius 1 is 0.395 bits per heavy atom. The molecule has 0 spiro atoms. The summed E-state index contributed by atoms with van der Waals surface area (Å²) in [5, 5.41) is 10.0. The fourth-order valence-corrected chi connectivity index (χ4v) is 6.99. The summed E-state index contributed by atoms with van der Waals surface area (Å²) in [6.45, 7) is 4.30. The van der Waals surface area contributed by atoms with Gasteiger partial charge in [0, 0.05) is 16.3 Å². The second kappa shape index (κ2) is 9.05. The van der Waals surface area contributed by atoms with Crippen LogP contribution in [0.25, 0.3) is 87.6 Å². The Morgan fingerprint density at radius 3 is 1.60 bits per heavy atom. The van der Waals surface area contributed by atoms with Gasteiger partial charge in [-0.05, 0) is 98.2 Å². The van der Waals surface area contributed by atoms with E-state index < -0.39 is 0 Å². The molecule has 0 saturated heterocycles. The number of rotatable bonds is 3. The van der Waals surface area contributed by atoms with Crippen LogP contribution in [-0.4, -0.2) is 0 Å². The van der Waals surface area contributed by atoms with E-state index in [9.17, 15) is 0 Å². The van der Waals surface area contributed by atoms with Gasteiger partial charge in [-0.25, -0.2) is 0 Å². The maximum absolute atomic E-state index is 6.43. The zero-order valence-corrected chi connectivity index (χ0v) is 24.1. The monoisotopic (exact) mass is 548 g/mol. The molecule has 1 aromatic heterocycles. The molecule has 0 radical (unpaired) electrons. The van der Waals surface area contributed by atoms with Crippen molar-refractivity contribution in [3.8, 4) is 33.4 Å². The highest BCUT2D eigenvalue weighted by Gasteiger charge is 2.19. The van der Waals surface area contributed by atoms with Gasteiger partial charge in [-0.1, -0.05) is 120 Å². The molecule has 0 fully saturated rings. The maximum Gasteiger partial charge on any atom is 0.143 e. The molecule has 43 heavy (non-hydrogen) atoms. The molecule has 0 N–H and O–H groups in total. The second-order valence-corrected chi connectivity index (χ2v) is 11.9. The molecule has 9 rings (SSSR count). The van der Waals surface area contributed by atoms with Gasteiger partial charge < -0.3 is 4.42 Å². The summed E-state index contributed by atoms with van der Waals surface area (Å²) in [4.78, 5) is 0. The normalized spacial score (nSPS) is 12.0. The van der Waals surface area contributed by atoms with Gasteiger partial charge in [0.15, 0.2) is 0 Å². The average Bonchev–Trinajstić information content (AvgIpc) is 3.43. The van der Waals surface area contributed by atoms with E-state index in [0.717, 1.165) is 27.5 Å². The summed E-state index contributed by atoms with van der Waals surface area (Å²) < 4.78 is 6.43. The third kappa shape index (κ3) is 3.65. The fraction of sp³-hybridized carbons (Fsp3) is 0.0476. The van der Waals surface area contributed by atoms with Crippen molar-refractivity contribution in [1.29, 1.82) is 0 Å². The highest BCUT2D eigenvalue weighted by molar-refractivity contribution is 6.29. The average molecular weight is 549 g/mol. The molecule has 0 unspecified atom stereocenters. The van der Waals surface area contributed by atoms with Gasteiger partial charge in [0.25, 0.3) is 0 Å². The van der Waals surface area contributed by atoms with E-state index in [1.165, 1.54) is 71.3 Å². The summed E-state index contributed by atoms with van der Waals surface area (Å²) in [6.07, 6.45) is 0. The minimum atomic E-state index is 0.926. The molecule has 0 atom stereocenters. The van der Waals surface area contributed by atoms with Crippen LogP contribution in [0.4, 0.5) is 0 Å². The molecule has 0 amide bonds. The molecule has 0 saturated carbocycles. The van der Waals surface area contributed by atoms with Crippen LogP contribution in [0.5, 0.6) is 0 Å². The number of hydrogen-bond acceptors (Lipinski definition) is 1. The number of furan rings is 1. The van der Waals surface area contributed by atoms with Crippen molar-refractivity contribution in [2.45, 2.75) is 13.8 Å². The van der Waals surface area contributed by atoms with Gasteiger partial charge in [0.2, 0.25) is 0 Å². The van der Waals surface area contributed by atoms with E-state index in [-0.39, 0.29) is 0 Å². The summed E-state index contributed by atoms with van der Waals surface area (Å²) in [5.41, 5.74) is 11.7. The first-order valence-electron chi connectivity index (χ1n) is 14.9. The van der Waals surface area contributed by atoms with Gasteiger partial charge in [-0.2, -0.15) is 0 Å². The lowest BCUT2D eigenvalue weighted by Gasteiger charge is -2.19. The van der Waals surface area contributed by atoms with E-state index in [1.54, 1.807) is 0 Å². The first-order chi connectivity index (χ1) is 21.1. The van der Waals surface area contributed by atoms with Crippen LogP contribution in [0, 0.1) is 13.8 Å². The van der Waals surface area contributed by atoms with E-state index in [4.69, 9.17) is 4.42 Å². The summed E-state index contributed by atoms with van der Waals surface area (Å²) in [6, 6.07) is 49.0. The first kappa shape index (κ1) is 24.2. The van der Waals surface area contributed by atoms with Gasteiger partial charge in [-0.3, -0.25) is 0 Å². The summed E-state index contributed by atoms with van der Waals surface area (Å²) in [5.74, 6) is 0. The van der Waals surface area contributed by atoms with E-state index in [0.29, 0.717) is 0 Å². The van der Waals surface area contributed by atoms with Crippen LogP contribution < -0.4 is 0 Å². The molecule has 1 nitrogen and oxygen atoms in total. The minimum absolute atomic E-state index is 0.926. The van der Waals surface area contributed by atoms with E-state index in [2.05, 4.69) is 141 Å². The lowest BCUT2D eigenvalue weighted by molar-refractivity contribution is 0.670. The molecule has 0 aliphatic carbocycles. The Balaban J connectivity index is 1.35. The van der Waals surface area contributed by atoms with Gasteiger partial charge >= 0.3 is 0 Å². The van der Waals surface area contributed by atoms with Crippen molar-refractivity contribution < 1.29 is 4.42 Å². The Hall–Kier alpha value is -5.40. The van der Waals surface area contributed by atoms with Crippen molar-refractivity contribution in [3.63, 3.8) is 0 Å². The molecule has 0 aliphatic heterocycles. The molecule has 9 aromatic rings. The van der Waals surface area contributed by atoms with Crippen molar-refractivity contribution in [3.05, 3.63) is 145 Å². The predicted octanol–water partition coefficient (Wildman–Crippen LogP) is 12.1. The fourth-order valence-electron chi connectivity index (χ4n) is 6.99. The number of hydrogen-bond donors (Lipinski definition) is 0. The molecule has 8 aromatic carbocycles. The Kier molecular flexibility index (Phi) is 5.10. The SMILES string of the molecule is Cc1ccc(-c2cc(-c3ccc(C)cc3)c3ccc4cc(-c5cccc6c5oc5ccccc56)cc5ccc2c3c54)cc1. The van der Waals surface area contributed by atoms with Crippen molar-refractivity contribution in [2.24, 2.45) is 0 Å². The standard InChI is InChI=1S/C42H28O/c1-25-10-14-27(15-11-25)37-24-38(28-16-12-26(2)13-17-28)35-21-19-30-23-31(22-29-18-20-34(37)41(35)40(29)30)32-7-5-8-36-33-6-3-4-9-39(33)43-42(32)36/h3-24H,1-2H3. The molecule has 0 aliphatic rings. The second-order valence-electron chi connectivity index (χ2n) is 11.9. The molecule has 1 heteroatoms. The van der Waals surface area contributed by atoms with Crippen LogP contribution in [0.15, 0.2) is 138 Å². The van der Waals surface area contributed by atoms with E-state index in [1.807, 2.05) is 6.07 Å². The maximum atomic E-state index is 6.43. The van der Waals surface area contributed by atoms with Crippen LogP contribution in [-0.2, 0) is 0 Å². The van der Waals surface area contributed by atoms with Crippen molar-refractivity contribution >= 4 is 54.3 Å². The minimum Gasteiger partial charge on any atom is -0.455 e. The third-order valence-electron chi connectivity index (χ3n) is 9.16. The van der Waals surface area contributed by atoms with E-state index >= 15 is 0 Å². The largest absolute Gasteiger partial charge is 0.455 e. The van der Waals surface area contributed by atoms with Crippen LogP contribution in [0.3, 0.4) is 0 Å². The highest BCUT2D eigenvalue weighted by Crippen LogP contribution is 2.46. The quantitative estimate of drug-likeness (QED) is 0.200. The van der Waals surface area contributed by atoms with Gasteiger partial charge in [0.1, 0.15) is 11.2 Å². The highest BCUT2D eigenvalue weighted by atomic mass is 16.3. The number of fused-ring (bicyclic) bond motifs is 3. The zero-order chi connectivity index (χ0) is 28.7. The molecular weight excluding hydrogens is 520 g/mol. The lowest BCUT2D eigenvalue weighted by atomic mass is 9.84. The van der Waals surface area contributed by atoms with Crippen molar-refractivity contribution in [1.82, 2.24) is 0 Å². The molecular formula is C42H28O. The molecule has 0 bridgehead atoms. The Bertz CT molecular complexity index is 2380. The molecule has 1 heterocycles. The number of para-hydroxylation sites is 2. The van der Waals surface area contributed by atoms with Gasteiger partial charge in [-0.15, -0.1) is 0 Å². The van der Waals surface area contributed by atoms with Crippen LogP contribution in [0.1, 0.15) is 11.1 Å². The number of benzene rings is 8. The lowest BCUT2D eigenvalue weighted by Crippen LogP contribution is -1.92. The Labute approximate surface area is 250 Å². The topological polar surface area (TPSA) is 13.1 Å². The molecule has 202 valence electrons. The number of aryl methyl sites for hydroxylation is 2. The van der Waals surface area contributed by atoms with Gasteiger partial charge in [0.05, 0.1) is 0 Å². The van der Waals surface area contributed by atoms with Crippen LogP contribution >= 0.6 is 0 Å².